The van der Waals surface area contributed by atoms with Gasteiger partial charge in [0.15, 0.2) is 5.82 Å². The van der Waals surface area contributed by atoms with Crippen molar-refractivity contribution in [3.63, 3.8) is 0 Å². The van der Waals surface area contributed by atoms with Crippen molar-refractivity contribution in [2.24, 2.45) is 0 Å². The van der Waals surface area contributed by atoms with Gasteiger partial charge in [0.05, 0.1) is 35.9 Å². The van der Waals surface area contributed by atoms with Crippen molar-refractivity contribution in [3.8, 4) is 40.3 Å². The molecule has 0 saturated heterocycles. The van der Waals surface area contributed by atoms with Crippen LogP contribution < -0.4 is 20.5 Å². The highest BCUT2D eigenvalue weighted by Gasteiger charge is 2.14. The molecule has 0 radical (unpaired) electrons. The summed E-state index contributed by atoms with van der Waals surface area (Å²) in [5.74, 6) is 1.97. The van der Waals surface area contributed by atoms with Crippen LogP contribution in [0.2, 0.25) is 0 Å². The second-order valence-corrected chi connectivity index (χ2v) is 8.28. The summed E-state index contributed by atoms with van der Waals surface area (Å²) < 4.78 is 11.2. The largest absolute Gasteiger partial charge is 0.481 e. The van der Waals surface area contributed by atoms with Crippen LogP contribution in [0.25, 0.3) is 33.4 Å². The van der Waals surface area contributed by atoms with Gasteiger partial charge in [-0.05, 0) is 30.3 Å². The molecule has 0 atom stereocenters. The summed E-state index contributed by atoms with van der Waals surface area (Å²) in [6, 6.07) is 22.3. The van der Waals surface area contributed by atoms with Crippen LogP contribution in [0.5, 0.6) is 17.6 Å². The molecule has 0 aliphatic rings. The molecular formula is C28H21N9O2. The number of methoxy groups -OCH3 is 1. The summed E-state index contributed by atoms with van der Waals surface area (Å²) in [5.41, 5.74) is 9.05. The number of hydrogen-bond acceptors (Lipinski definition) is 11. The van der Waals surface area contributed by atoms with Crippen molar-refractivity contribution in [1.82, 2.24) is 35.1 Å². The molecule has 6 aromatic rings. The van der Waals surface area contributed by atoms with Crippen LogP contribution in [0.4, 0.5) is 17.5 Å². The first-order chi connectivity index (χ1) is 19.2. The smallest absolute Gasteiger partial charge is 0.230 e. The van der Waals surface area contributed by atoms with Crippen LogP contribution in [0.15, 0.2) is 91.4 Å². The number of aromatic nitrogens is 7. The molecule has 1 aromatic carbocycles. The maximum absolute atomic E-state index is 5.97. The number of nitrogens with zero attached hydrogens (tertiary/aromatic N) is 7. The average Bonchev–Trinajstić information content (AvgIpc) is 2.98. The number of nitrogens with two attached hydrogens (primary N) is 1. The van der Waals surface area contributed by atoms with Crippen LogP contribution in [-0.4, -0.2) is 42.2 Å². The van der Waals surface area contributed by atoms with Gasteiger partial charge in [-0.2, -0.15) is 0 Å². The molecule has 6 rings (SSSR count). The minimum absolute atomic E-state index is 0.166. The molecule has 0 fully saturated rings. The fourth-order valence-corrected chi connectivity index (χ4v) is 3.99. The first kappa shape index (κ1) is 23.7. The maximum atomic E-state index is 5.97. The van der Waals surface area contributed by atoms with Gasteiger partial charge >= 0.3 is 0 Å². The molecule has 190 valence electrons. The van der Waals surface area contributed by atoms with Gasteiger partial charge in [0, 0.05) is 35.3 Å². The van der Waals surface area contributed by atoms with E-state index in [4.69, 9.17) is 15.2 Å². The Labute approximate surface area is 222 Å². The van der Waals surface area contributed by atoms with E-state index in [1.165, 1.54) is 0 Å². The number of nitrogen functional groups attached to an aromatic ring is 1. The van der Waals surface area contributed by atoms with Crippen molar-refractivity contribution < 1.29 is 9.47 Å². The third-order valence-electron chi connectivity index (χ3n) is 5.78. The van der Waals surface area contributed by atoms with Crippen molar-refractivity contribution in [1.29, 1.82) is 0 Å². The van der Waals surface area contributed by atoms with Crippen molar-refractivity contribution in [2.75, 3.05) is 18.2 Å². The Hall–Kier alpha value is -5.71. The number of hydrogen-bond donors (Lipinski definition) is 2. The molecule has 0 bridgehead atoms. The zero-order valence-electron chi connectivity index (χ0n) is 20.7. The fourth-order valence-electron chi connectivity index (χ4n) is 3.99. The van der Waals surface area contributed by atoms with E-state index < -0.39 is 0 Å². The molecule has 0 aliphatic heterocycles. The van der Waals surface area contributed by atoms with Crippen LogP contribution in [0.1, 0.15) is 0 Å². The Morgan fingerprint density at radius 3 is 2.44 bits per heavy atom. The van der Waals surface area contributed by atoms with E-state index in [0.29, 0.717) is 51.8 Å². The van der Waals surface area contributed by atoms with E-state index in [1.54, 1.807) is 50.0 Å². The first-order valence-electron chi connectivity index (χ1n) is 11.9. The topological polar surface area (TPSA) is 147 Å². The quantitative estimate of drug-likeness (QED) is 0.294. The van der Waals surface area contributed by atoms with Gasteiger partial charge in [0.25, 0.3) is 0 Å². The SMILES string of the molecule is COc1cccc(-c2nnc(Nc3ccc(Oc4ncccc4-c4ccnc(N)n4)nc3)c3ccccc23)n1. The van der Waals surface area contributed by atoms with E-state index in [1.807, 2.05) is 48.5 Å². The van der Waals surface area contributed by atoms with E-state index in [9.17, 15) is 0 Å². The lowest BCUT2D eigenvalue weighted by molar-refractivity contribution is 0.398. The minimum atomic E-state index is 0.166. The standard InChI is InChI=1S/C28H21N9O2/c1-38-24-10-4-9-22(34-24)25-18-6-2-3-7-19(18)26(37-36-25)33-17-11-12-23(32-16-17)39-27-20(8-5-14-30-27)21-13-15-31-28(29)35-21/h2-16H,1H3,(H,33,37)(H2,29,31,35). The van der Waals surface area contributed by atoms with Crippen molar-refractivity contribution in [3.05, 3.63) is 91.4 Å². The molecule has 0 unspecified atom stereocenters. The van der Waals surface area contributed by atoms with Crippen LogP contribution in [0, 0.1) is 0 Å². The average molecular weight is 516 g/mol. The van der Waals surface area contributed by atoms with Gasteiger partial charge in [0.1, 0.15) is 5.69 Å². The number of pyridine rings is 3. The lowest BCUT2D eigenvalue weighted by Gasteiger charge is -2.12. The maximum Gasteiger partial charge on any atom is 0.230 e. The first-order valence-corrected chi connectivity index (χ1v) is 11.9. The van der Waals surface area contributed by atoms with Crippen LogP contribution in [0.3, 0.4) is 0 Å². The molecule has 11 heteroatoms. The fraction of sp³-hybridized carbons (Fsp3) is 0.0357. The summed E-state index contributed by atoms with van der Waals surface area (Å²) in [7, 11) is 1.58. The molecule has 39 heavy (non-hydrogen) atoms. The number of rotatable bonds is 7. The lowest BCUT2D eigenvalue weighted by atomic mass is 10.1. The minimum Gasteiger partial charge on any atom is -0.481 e. The lowest BCUT2D eigenvalue weighted by Crippen LogP contribution is -2.01. The molecule has 0 aliphatic carbocycles. The molecular weight excluding hydrogens is 494 g/mol. The molecule has 0 amide bonds. The van der Waals surface area contributed by atoms with E-state index in [2.05, 4.69) is 40.4 Å². The Balaban J connectivity index is 1.26. The van der Waals surface area contributed by atoms with E-state index in [-0.39, 0.29) is 5.95 Å². The van der Waals surface area contributed by atoms with Gasteiger partial charge in [0.2, 0.25) is 23.6 Å². The Kier molecular flexibility index (Phi) is 6.28. The Morgan fingerprint density at radius 2 is 1.62 bits per heavy atom. The van der Waals surface area contributed by atoms with Gasteiger partial charge in [-0.25, -0.2) is 24.9 Å². The number of anilines is 3. The number of ether oxygens (including phenoxy) is 2. The number of benzene rings is 1. The molecule has 3 N–H and O–H groups in total. The second kappa shape index (κ2) is 10.3. The van der Waals surface area contributed by atoms with Gasteiger partial charge in [-0.3, -0.25) is 0 Å². The van der Waals surface area contributed by atoms with Crippen molar-refractivity contribution in [2.45, 2.75) is 0 Å². The summed E-state index contributed by atoms with van der Waals surface area (Å²) in [6.45, 7) is 0. The van der Waals surface area contributed by atoms with E-state index in [0.717, 1.165) is 10.8 Å². The van der Waals surface area contributed by atoms with Gasteiger partial charge in [-0.15, -0.1) is 10.2 Å². The van der Waals surface area contributed by atoms with Gasteiger partial charge < -0.3 is 20.5 Å². The Morgan fingerprint density at radius 1 is 0.718 bits per heavy atom. The highest BCUT2D eigenvalue weighted by molar-refractivity contribution is 6.00. The number of fused-ring (bicyclic) bond motifs is 1. The summed E-state index contributed by atoms with van der Waals surface area (Å²) in [4.78, 5) is 21.5. The van der Waals surface area contributed by atoms with Crippen LogP contribution >= 0.6 is 0 Å². The zero-order chi connectivity index (χ0) is 26.6. The molecule has 5 heterocycles. The third-order valence-corrected chi connectivity index (χ3v) is 5.78. The zero-order valence-corrected chi connectivity index (χ0v) is 20.7. The van der Waals surface area contributed by atoms with Crippen molar-refractivity contribution >= 4 is 28.2 Å². The third kappa shape index (κ3) is 4.96. The summed E-state index contributed by atoms with van der Waals surface area (Å²) in [5, 5.41) is 14.0. The monoisotopic (exact) mass is 515 g/mol. The van der Waals surface area contributed by atoms with Crippen LogP contribution in [-0.2, 0) is 0 Å². The highest BCUT2D eigenvalue weighted by Crippen LogP contribution is 2.32. The Bertz CT molecular complexity index is 1780. The van der Waals surface area contributed by atoms with Gasteiger partial charge in [-0.1, -0.05) is 30.3 Å². The molecule has 0 spiro atoms. The second-order valence-electron chi connectivity index (χ2n) is 8.28. The van der Waals surface area contributed by atoms with E-state index >= 15 is 0 Å². The summed E-state index contributed by atoms with van der Waals surface area (Å²) in [6.07, 6.45) is 4.86. The molecule has 11 nitrogen and oxygen atoms in total. The highest BCUT2D eigenvalue weighted by atomic mass is 16.5. The molecule has 0 saturated carbocycles. The number of nitrogens with one attached hydrogen (secondary N) is 1. The molecule has 5 aromatic heterocycles. The predicted molar refractivity (Wildman–Crippen MR) is 147 cm³/mol. The normalized spacial score (nSPS) is 10.8. The summed E-state index contributed by atoms with van der Waals surface area (Å²) >= 11 is 0. The predicted octanol–water partition coefficient (Wildman–Crippen LogP) is 5.07.